The number of ether oxygens (including phenoxy) is 1. The van der Waals surface area contributed by atoms with Crippen LogP contribution in [0.3, 0.4) is 0 Å². The maximum Gasteiger partial charge on any atom is 0.410 e. The first-order valence-electron chi connectivity index (χ1n) is 14.3. The van der Waals surface area contributed by atoms with E-state index in [9.17, 15) is 22.8 Å². The third-order valence-corrected chi connectivity index (χ3v) is 9.11. The lowest BCUT2D eigenvalue weighted by molar-refractivity contribution is 0.0237. The third-order valence-electron chi connectivity index (χ3n) is 7.50. The van der Waals surface area contributed by atoms with Gasteiger partial charge >= 0.3 is 6.09 Å². The summed E-state index contributed by atoms with van der Waals surface area (Å²) < 4.78 is 31.6. The molecular formula is C30H37N5O6S. The molecule has 2 saturated heterocycles. The molecule has 0 radical (unpaired) electrons. The summed E-state index contributed by atoms with van der Waals surface area (Å²) in [6.45, 7) is 6.52. The van der Waals surface area contributed by atoms with Gasteiger partial charge in [0.2, 0.25) is 5.95 Å². The predicted octanol–water partition coefficient (Wildman–Crippen LogP) is 4.12. The number of hydrogen-bond acceptors (Lipinski definition) is 7. The van der Waals surface area contributed by atoms with E-state index in [4.69, 9.17) is 9.72 Å². The number of nitrogens with zero attached hydrogens (tertiary/aromatic N) is 4. The second-order valence-corrected chi connectivity index (χ2v) is 14.1. The molecule has 1 aromatic heterocycles. The number of carbonyl (C=O) groups excluding carboxylic acids is 3. The normalized spacial score (nSPS) is 19.3. The van der Waals surface area contributed by atoms with Gasteiger partial charge in [-0.2, -0.15) is 0 Å². The highest BCUT2D eigenvalue weighted by molar-refractivity contribution is 7.91. The average molecular weight is 596 g/mol. The molecule has 0 bridgehead atoms. The Balaban J connectivity index is 1.58. The van der Waals surface area contributed by atoms with Crippen molar-refractivity contribution < 1.29 is 27.5 Å². The fourth-order valence-corrected chi connectivity index (χ4v) is 6.64. The number of nitrogens with one attached hydrogen (secondary N) is 1. The topological polar surface area (TPSA) is 131 Å². The number of benzene rings is 2. The van der Waals surface area contributed by atoms with Gasteiger partial charge in [0.05, 0.1) is 34.1 Å². The van der Waals surface area contributed by atoms with E-state index >= 15 is 0 Å². The summed E-state index contributed by atoms with van der Waals surface area (Å²) >= 11 is 0. The Morgan fingerprint density at radius 3 is 2.33 bits per heavy atom. The molecule has 0 spiro atoms. The summed E-state index contributed by atoms with van der Waals surface area (Å²) in [5.74, 6) is -0.537. The van der Waals surface area contributed by atoms with E-state index in [1.54, 1.807) is 52.3 Å². The second kappa shape index (κ2) is 11.7. The number of sulfone groups is 1. The zero-order valence-corrected chi connectivity index (χ0v) is 25.0. The summed E-state index contributed by atoms with van der Waals surface area (Å²) in [6.07, 6.45) is 1.86. The van der Waals surface area contributed by atoms with Crippen LogP contribution in [0.15, 0.2) is 48.5 Å². The van der Waals surface area contributed by atoms with Gasteiger partial charge in [0, 0.05) is 31.7 Å². The second-order valence-electron chi connectivity index (χ2n) is 11.8. The van der Waals surface area contributed by atoms with Crippen LogP contribution in [0.4, 0.5) is 10.7 Å². The van der Waals surface area contributed by atoms with Crippen LogP contribution in [0.1, 0.15) is 66.8 Å². The zero-order valence-electron chi connectivity index (χ0n) is 24.2. The van der Waals surface area contributed by atoms with Crippen molar-refractivity contribution in [3.63, 3.8) is 0 Å². The maximum atomic E-state index is 13.8. The molecule has 2 fully saturated rings. The molecule has 2 aliphatic heterocycles. The number of aromatic nitrogens is 2. The minimum Gasteiger partial charge on any atom is -0.444 e. The smallest absolute Gasteiger partial charge is 0.410 e. The van der Waals surface area contributed by atoms with Crippen molar-refractivity contribution in [1.82, 2.24) is 19.4 Å². The SMILES string of the molecule is CC(C)(C)OC(=O)N1CCCCC(n2c(NC(=O)c3ccccc3)nc3cccc(C(=O)N4CCS(=O)(=O)CC4)c32)C1. The quantitative estimate of drug-likeness (QED) is 0.480. The Morgan fingerprint density at radius 2 is 1.64 bits per heavy atom. The van der Waals surface area contributed by atoms with E-state index in [-0.39, 0.29) is 48.4 Å². The molecule has 0 aliphatic carbocycles. The third kappa shape index (κ3) is 6.59. The molecule has 0 saturated carbocycles. The number of rotatable bonds is 4. The molecule has 1 atom stereocenters. The van der Waals surface area contributed by atoms with E-state index in [2.05, 4.69) is 5.32 Å². The molecule has 2 aliphatic rings. The minimum atomic E-state index is -3.17. The molecule has 5 rings (SSSR count). The number of imidazole rings is 1. The van der Waals surface area contributed by atoms with E-state index in [0.717, 1.165) is 12.8 Å². The average Bonchev–Trinajstić information content (AvgIpc) is 3.12. The summed E-state index contributed by atoms with van der Waals surface area (Å²) in [4.78, 5) is 48.2. The first-order chi connectivity index (χ1) is 19.9. The van der Waals surface area contributed by atoms with Crippen molar-refractivity contribution >= 4 is 44.7 Å². The Hall–Kier alpha value is -3.93. The van der Waals surface area contributed by atoms with Crippen LogP contribution in [-0.2, 0) is 14.6 Å². The molecule has 12 heteroatoms. The number of amides is 3. The first kappa shape index (κ1) is 29.6. The van der Waals surface area contributed by atoms with Crippen LogP contribution >= 0.6 is 0 Å². The lowest BCUT2D eigenvalue weighted by atomic mass is 10.1. The number of fused-ring (bicyclic) bond motifs is 1. The molecule has 3 amide bonds. The molecule has 224 valence electrons. The van der Waals surface area contributed by atoms with Gasteiger partial charge in [0.25, 0.3) is 11.8 Å². The van der Waals surface area contributed by atoms with Gasteiger partial charge in [0.15, 0.2) is 9.84 Å². The number of carbonyl (C=O) groups is 3. The van der Waals surface area contributed by atoms with Crippen LogP contribution in [0.25, 0.3) is 11.0 Å². The monoisotopic (exact) mass is 595 g/mol. The molecule has 3 heterocycles. The standard InChI is InChI=1S/C30H37N5O6S/c1-30(2,3)41-29(38)34-15-8-7-12-22(20-34)35-25-23(27(37)33-16-18-42(39,40)19-17-33)13-9-14-24(25)31-28(35)32-26(36)21-10-5-4-6-11-21/h4-6,9-11,13-14,22H,7-8,12,15-20H2,1-3H3,(H,31,32,36). The molecule has 2 aromatic carbocycles. The van der Waals surface area contributed by atoms with Crippen molar-refractivity contribution in [3.8, 4) is 0 Å². The predicted molar refractivity (Wildman–Crippen MR) is 159 cm³/mol. The van der Waals surface area contributed by atoms with Crippen molar-refractivity contribution in [3.05, 3.63) is 59.7 Å². The number of hydrogen-bond donors (Lipinski definition) is 1. The van der Waals surface area contributed by atoms with Gasteiger partial charge in [-0.1, -0.05) is 24.3 Å². The van der Waals surface area contributed by atoms with Crippen molar-refractivity contribution in [1.29, 1.82) is 0 Å². The molecular weight excluding hydrogens is 558 g/mol. The minimum absolute atomic E-state index is 0.0835. The maximum absolute atomic E-state index is 13.8. The lowest BCUT2D eigenvalue weighted by Gasteiger charge is -2.30. The summed E-state index contributed by atoms with van der Waals surface area (Å²) in [5, 5.41) is 2.95. The van der Waals surface area contributed by atoms with Crippen molar-refractivity contribution in [2.75, 3.05) is 43.0 Å². The van der Waals surface area contributed by atoms with Gasteiger partial charge in [0.1, 0.15) is 5.60 Å². The van der Waals surface area contributed by atoms with Gasteiger partial charge < -0.3 is 19.1 Å². The first-order valence-corrected chi connectivity index (χ1v) is 16.1. The number of anilines is 1. The molecule has 1 N–H and O–H groups in total. The fourth-order valence-electron chi connectivity index (χ4n) is 5.44. The number of para-hydroxylation sites is 1. The van der Waals surface area contributed by atoms with E-state index in [0.29, 0.717) is 41.7 Å². The molecule has 1 unspecified atom stereocenters. The largest absolute Gasteiger partial charge is 0.444 e. The van der Waals surface area contributed by atoms with E-state index in [1.807, 2.05) is 31.4 Å². The fraction of sp³-hybridized carbons (Fsp3) is 0.467. The van der Waals surface area contributed by atoms with Gasteiger partial charge in [-0.05, 0) is 64.3 Å². The van der Waals surface area contributed by atoms with Crippen LogP contribution in [0.5, 0.6) is 0 Å². The van der Waals surface area contributed by atoms with E-state index in [1.165, 1.54) is 0 Å². The summed E-state index contributed by atoms with van der Waals surface area (Å²) in [6, 6.07) is 13.7. The van der Waals surface area contributed by atoms with Crippen LogP contribution in [0, 0.1) is 0 Å². The highest BCUT2D eigenvalue weighted by Crippen LogP contribution is 2.33. The lowest BCUT2D eigenvalue weighted by Crippen LogP contribution is -2.44. The van der Waals surface area contributed by atoms with Gasteiger partial charge in [-0.3, -0.25) is 14.9 Å². The summed E-state index contributed by atoms with van der Waals surface area (Å²) in [5.41, 5.74) is 1.22. The highest BCUT2D eigenvalue weighted by atomic mass is 32.2. The van der Waals surface area contributed by atoms with Crippen LogP contribution in [-0.4, -0.2) is 89.0 Å². The molecule has 42 heavy (non-hydrogen) atoms. The Bertz CT molecular complexity index is 1580. The number of likely N-dealkylation sites (tertiary alicyclic amines) is 1. The Kier molecular flexibility index (Phi) is 8.27. The van der Waals surface area contributed by atoms with Gasteiger partial charge in [-0.15, -0.1) is 0 Å². The van der Waals surface area contributed by atoms with Crippen LogP contribution in [0.2, 0.25) is 0 Å². The van der Waals surface area contributed by atoms with Crippen molar-refractivity contribution in [2.45, 2.75) is 51.7 Å². The Labute approximate surface area is 245 Å². The van der Waals surface area contributed by atoms with Crippen LogP contribution < -0.4 is 5.32 Å². The zero-order chi connectivity index (χ0) is 30.1. The highest BCUT2D eigenvalue weighted by Gasteiger charge is 2.33. The van der Waals surface area contributed by atoms with Gasteiger partial charge in [-0.25, -0.2) is 18.2 Å². The summed E-state index contributed by atoms with van der Waals surface area (Å²) in [7, 11) is -3.17. The molecule has 11 nitrogen and oxygen atoms in total. The molecule has 3 aromatic rings. The van der Waals surface area contributed by atoms with E-state index < -0.39 is 21.5 Å². The Morgan fingerprint density at radius 1 is 0.929 bits per heavy atom. The van der Waals surface area contributed by atoms with Crippen molar-refractivity contribution in [2.24, 2.45) is 0 Å².